The first kappa shape index (κ1) is 19.7. The average molecular weight is 448 g/mol. The smallest absolute Gasteiger partial charge is 0.239 e. The highest BCUT2D eigenvalue weighted by Crippen LogP contribution is 2.46. The van der Waals surface area contributed by atoms with Crippen molar-refractivity contribution >= 4 is 11.8 Å². The van der Waals surface area contributed by atoms with Gasteiger partial charge in [0, 0.05) is 11.1 Å². The number of hydrogen-bond donors (Lipinski definition) is 1. The predicted molar refractivity (Wildman–Crippen MR) is 122 cm³/mol. The average Bonchev–Trinajstić information content (AvgIpc) is 3.63. The van der Waals surface area contributed by atoms with Crippen LogP contribution < -0.4 is 10.1 Å². The first-order valence-corrected chi connectivity index (χ1v) is 10.6. The molecule has 7 heteroatoms. The first-order chi connectivity index (χ1) is 16.7. The fourth-order valence-electron chi connectivity index (χ4n) is 4.24. The zero-order valence-electron chi connectivity index (χ0n) is 17.6. The van der Waals surface area contributed by atoms with Crippen LogP contribution in [-0.4, -0.2) is 5.91 Å². The molecule has 6 rings (SSSR count). The second-order valence-corrected chi connectivity index (χ2v) is 7.68. The number of anilines is 1. The minimum absolute atomic E-state index is 0.0201. The number of benzene rings is 2. The Morgan fingerprint density at radius 3 is 2.03 bits per heavy atom. The molecular formula is C27H16N2O5. The number of carbonyl (C=O) groups is 1. The van der Waals surface area contributed by atoms with Gasteiger partial charge >= 0.3 is 0 Å². The molecule has 34 heavy (non-hydrogen) atoms. The number of hydrogen-bond acceptors (Lipinski definition) is 6. The van der Waals surface area contributed by atoms with Crippen molar-refractivity contribution in [1.29, 1.82) is 5.26 Å². The van der Waals surface area contributed by atoms with E-state index in [1.807, 2.05) is 48.5 Å². The standard InChI is InChI=1S/C27H16N2O5/c28-15-18-24(21-11-5-13-31-21)25(22-12-6-14-32-22)34-27(18)29-26(30)23-16-7-1-3-9-19(16)33-20-10-4-2-8-17(20)23/h1-14,23H,(H,29,30). The molecule has 1 aliphatic heterocycles. The summed E-state index contributed by atoms with van der Waals surface area (Å²) in [6, 6.07) is 23.8. The Kier molecular flexibility index (Phi) is 4.56. The highest BCUT2D eigenvalue weighted by atomic mass is 16.5. The van der Waals surface area contributed by atoms with Gasteiger partial charge in [0.05, 0.1) is 24.0 Å². The summed E-state index contributed by atoms with van der Waals surface area (Å²) >= 11 is 0. The fourth-order valence-corrected chi connectivity index (χ4v) is 4.24. The SMILES string of the molecule is N#Cc1c(NC(=O)C2c3ccccc3Oc3ccccc32)oc(-c2ccco2)c1-c1ccco1. The van der Waals surface area contributed by atoms with Crippen LogP contribution in [0.2, 0.25) is 0 Å². The number of carbonyl (C=O) groups excluding carboxylic acids is 1. The lowest BCUT2D eigenvalue weighted by atomic mass is 9.87. The molecule has 0 fully saturated rings. The minimum atomic E-state index is -0.656. The normalized spacial score (nSPS) is 12.3. The number of nitriles is 1. The van der Waals surface area contributed by atoms with Crippen molar-refractivity contribution in [1.82, 2.24) is 0 Å². The molecule has 7 nitrogen and oxygen atoms in total. The molecule has 164 valence electrons. The Morgan fingerprint density at radius 2 is 1.44 bits per heavy atom. The van der Waals surface area contributed by atoms with E-state index >= 15 is 0 Å². The summed E-state index contributed by atoms with van der Waals surface area (Å²) in [4.78, 5) is 13.7. The molecule has 1 amide bonds. The lowest BCUT2D eigenvalue weighted by Crippen LogP contribution is -2.25. The predicted octanol–water partition coefficient (Wildman–Crippen LogP) is 6.55. The zero-order chi connectivity index (χ0) is 23.1. The van der Waals surface area contributed by atoms with Crippen molar-refractivity contribution in [3.63, 3.8) is 0 Å². The van der Waals surface area contributed by atoms with Gasteiger partial charge in [-0.15, -0.1) is 0 Å². The third-order valence-electron chi connectivity index (χ3n) is 5.71. The third-order valence-corrected chi connectivity index (χ3v) is 5.71. The Bertz CT molecular complexity index is 1490. The maximum atomic E-state index is 13.7. The van der Waals surface area contributed by atoms with Crippen molar-refractivity contribution in [2.24, 2.45) is 0 Å². The monoisotopic (exact) mass is 448 g/mol. The topological polar surface area (TPSA) is 102 Å². The molecule has 1 aliphatic rings. The van der Waals surface area contributed by atoms with E-state index in [0.29, 0.717) is 34.3 Å². The zero-order valence-corrected chi connectivity index (χ0v) is 17.6. The van der Waals surface area contributed by atoms with E-state index in [1.165, 1.54) is 12.5 Å². The van der Waals surface area contributed by atoms with Gasteiger partial charge in [0.15, 0.2) is 11.5 Å². The number of nitrogens with one attached hydrogen (secondary N) is 1. The van der Waals surface area contributed by atoms with E-state index in [0.717, 1.165) is 11.1 Å². The number of furan rings is 3. The lowest BCUT2D eigenvalue weighted by molar-refractivity contribution is -0.117. The highest BCUT2D eigenvalue weighted by Gasteiger charge is 2.34. The molecule has 0 spiro atoms. The Balaban J connectivity index is 1.46. The minimum Gasteiger partial charge on any atom is -0.464 e. The van der Waals surface area contributed by atoms with Crippen LogP contribution in [0.25, 0.3) is 22.8 Å². The highest BCUT2D eigenvalue weighted by molar-refractivity contribution is 6.01. The van der Waals surface area contributed by atoms with Crippen LogP contribution in [-0.2, 0) is 4.79 Å². The molecule has 0 atom stereocenters. The van der Waals surface area contributed by atoms with Gasteiger partial charge in [0.2, 0.25) is 11.8 Å². The van der Waals surface area contributed by atoms with E-state index in [1.54, 1.807) is 24.3 Å². The maximum absolute atomic E-state index is 13.7. The van der Waals surface area contributed by atoms with Crippen molar-refractivity contribution in [2.75, 3.05) is 5.32 Å². The molecule has 0 saturated heterocycles. The number of para-hydroxylation sites is 2. The summed E-state index contributed by atoms with van der Waals surface area (Å²) in [6.07, 6.45) is 3.01. The summed E-state index contributed by atoms with van der Waals surface area (Å²) in [5.74, 6) is 1.34. The van der Waals surface area contributed by atoms with Crippen LogP contribution in [0.5, 0.6) is 11.5 Å². The van der Waals surface area contributed by atoms with Crippen molar-refractivity contribution < 1.29 is 22.8 Å². The number of amides is 1. The van der Waals surface area contributed by atoms with E-state index in [2.05, 4.69) is 11.4 Å². The molecule has 0 unspecified atom stereocenters. The largest absolute Gasteiger partial charge is 0.464 e. The summed E-state index contributed by atoms with van der Waals surface area (Å²) in [5.41, 5.74) is 2.00. The molecule has 0 aliphatic carbocycles. The Hall–Kier alpha value is -4.96. The van der Waals surface area contributed by atoms with Gasteiger partial charge in [-0.25, -0.2) is 0 Å². The summed E-state index contributed by atoms with van der Waals surface area (Å²) < 4.78 is 23.1. The summed E-state index contributed by atoms with van der Waals surface area (Å²) in [6.45, 7) is 0. The van der Waals surface area contributed by atoms with Crippen molar-refractivity contribution in [3.05, 3.63) is 102 Å². The van der Waals surface area contributed by atoms with E-state index in [4.69, 9.17) is 18.0 Å². The lowest BCUT2D eigenvalue weighted by Gasteiger charge is -2.27. The van der Waals surface area contributed by atoms with Crippen molar-refractivity contribution in [2.45, 2.75) is 5.92 Å². The van der Waals surface area contributed by atoms with Crippen LogP contribution >= 0.6 is 0 Å². The van der Waals surface area contributed by atoms with E-state index < -0.39 is 5.92 Å². The van der Waals surface area contributed by atoms with Gasteiger partial charge in [-0.1, -0.05) is 36.4 Å². The molecule has 4 heterocycles. The maximum Gasteiger partial charge on any atom is 0.239 e. The molecule has 1 N–H and O–H groups in total. The number of ether oxygens (including phenoxy) is 1. The van der Waals surface area contributed by atoms with Crippen LogP contribution in [0.15, 0.2) is 98.6 Å². The van der Waals surface area contributed by atoms with Crippen LogP contribution in [0.3, 0.4) is 0 Å². The summed E-state index contributed by atoms with van der Waals surface area (Å²) in [7, 11) is 0. The molecule has 0 saturated carbocycles. The van der Waals surface area contributed by atoms with Gasteiger partial charge in [0.25, 0.3) is 0 Å². The second-order valence-electron chi connectivity index (χ2n) is 7.68. The first-order valence-electron chi connectivity index (χ1n) is 10.6. The van der Waals surface area contributed by atoms with Gasteiger partial charge < -0.3 is 18.0 Å². The molecule has 5 aromatic rings. The number of fused-ring (bicyclic) bond motifs is 2. The quantitative estimate of drug-likeness (QED) is 0.335. The van der Waals surface area contributed by atoms with Crippen LogP contribution in [0.1, 0.15) is 22.6 Å². The molecule has 2 aromatic carbocycles. The van der Waals surface area contributed by atoms with E-state index in [9.17, 15) is 10.1 Å². The van der Waals surface area contributed by atoms with Gasteiger partial charge in [-0.05, 0) is 36.4 Å². The van der Waals surface area contributed by atoms with Gasteiger partial charge in [0.1, 0.15) is 28.9 Å². The summed E-state index contributed by atoms with van der Waals surface area (Å²) in [5, 5.41) is 12.8. The molecule has 0 radical (unpaired) electrons. The van der Waals surface area contributed by atoms with Crippen LogP contribution in [0, 0.1) is 11.3 Å². The Morgan fingerprint density at radius 1 is 0.824 bits per heavy atom. The third kappa shape index (κ3) is 3.09. The molecular weight excluding hydrogens is 432 g/mol. The van der Waals surface area contributed by atoms with Gasteiger partial charge in [-0.3, -0.25) is 10.1 Å². The fraction of sp³-hybridized carbons (Fsp3) is 0.0370. The molecule has 0 bridgehead atoms. The second kappa shape index (κ2) is 7.87. The number of nitrogens with zero attached hydrogens (tertiary/aromatic N) is 1. The Labute approximate surface area is 193 Å². The molecule has 3 aromatic heterocycles. The van der Waals surface area contributed by atoms with E-state index in [-0.39, 0.29) is 17.4 Å². The van der Waals surface area contributed by atoms with Crippen molar-refractivity contribution in [3.8, 4) is 40.4 Å². The van der Waals surface area contributed by atoms with Gasteiger partial charge in [-0.2, -0.15) is 5.26 Å². The van der Waals surface area contributed by atoms with Crippen LogP contribution in [0.4, 0.5) is 5.88 Å². The number of rotatable bonds is 4.